The first-order valence-electron chi connectivity index (χ1n) is 11.9. The van der Waals surface area contributed by atoms with Crippen molar-refractivity contribution >= 4 is 19.0 Å². The maximum absolute atomic E-state index is 5.82. The van der Waals surface area contributed by atoms with Crippen molar-refractivity contribution in [2.24, 2.45) is 0 Å². The number of rotatable bonds is 5. The molecule has 1 aromatic heterocycles. The monoisotopic (exact) mass is 419 g/mol. The first kappa shape index (κ1) is 20.1. The Morgan fingerprint density at radius 2 is 1.37 bits per heavy atom. The van der Waals surface area contributed by atoms with Crippen LogP contribution in [0.1, 0.15) is 64.2 Å². The van der Waals surface area contributed by atoms with Crippen molar-refractivity contribution in [3.63, 3.8) is 0 Å². The number of para-hydroxylation sites is 2. The summed E-state index contributed by atoms with van der Waals surface area (Å²) in [6, 6.07) is 20.1. The van der Waals surface area contributed by atoms with Gasteiger partial charge in [-0.25, -0.2) is 0 Å². The Bertz CT molecular complexity index is 963. The lowest BCUT2D eigenvalue weighted by atomic mass is 10.00. The van der Waals surface area contributed by atoms with Gasteiger partial charge in [0.1, 0.15) is 5.75 Å². The van der Waals surface area contributed by atoms with E-state index >= 15 is 0 Å². The molecule has 0 N–H and O–H groups in total. The molecular formula is C27H34NOP. The molecule has 2 saturated carbocycles. The molecule has 158 valence electrons. The molecule has 3 aromatic rings. The smallest absolute Gasteiger partial charge is 0.128 e. The number of benzene rings is 2. The molecule has 0 radical (unpaired) electrons. The third-order valence-electron chi connectivity index (χ3n) is 7.20. The maximum Gasteiger partial charge on any atom is 0.128 e. The zero-order chi connectivity index (χ0) is 20.3. The third-order valence-corrected chi connectivity index (χ3v) is 10.6. The van der Waals surface area contributed by atoms with E-state index in [-0.39, 0.29) is 8.07 Å². The standard InChI is InChI=1S/C27H34NOP/c1-29-27-19-11-9-17-24(27)26-20-21-12-8-10-18-25(21)28(26)30(22-13-4-2-5-14-22)23-15-6-3-7-16-23/h8-12,17-20,22-23H,2-7,13-16H2,1H3. The SMILES string of the molecule is COc1ccccc1-c1cc2ccccc2n1P(C1CCCCC1)C1CCCCC1. The molecule has 0 unspecified atom stereocenters. The van der Waals surface area contributed by atoms with Crippen LogP contribution in [0.25, 0.3) is 22.2 Å². The Morgan fingerprint density at radius 1 is 0.767 bits per heavy atom. The van der Waals surface area contributed by atoms with E-state index in [0.29, 0.717) is 0 Å². The van der Waals surface area contributed by atoms with Crippen LogP contribution < -0.4 is 4.74 Å². The second-order valence-electron chi connectivity index (χ2n) is 9.06. The van der Waals surface area contributed by atoms with Gasteiger partial charge in [-0.2, -0.15) is 0 Å². The predicted octanol–water partition coefficient (Wildman–Crippen LogP) is 8.23. The zero-order valence-electron chi connectivity index (χ0n) is 18.2. The van der Waals surface area contributed by atoms with E-state index in [4.69, 9.17) is 4.74 Å². The van der Waals surface area contributed by atoms with E-state index in [9.17, 15) is 0 Å². The highest BCUT2D eigenvalue weighted by Crippen LogP contribution is 2.60. The normalized spacial score (nSPS) is 18.9. The minimum atomic E-state index is -0.256. The van der Waals surface area contributed by atoms with E-state index < -0.39 is 0 Å². The largest absolute Gasteiger partial charge is 0.496 e. The Hall–Kier alpha value is -1.79. The Labute approximate surface area is 182 Å². The third kappa shape index (κ3) is 3.80. The van der Waals surface area contributed by atoms with Crippen LogP contribution in [0.3, 0.4) is 0 Å². The summed E-state index contributed by atoms with van der Waals surface area (Å²) in [4.78, 5) is 0. The molecule has 2 aliphatic carbocycles. The number of nitrogens with zero attached hydrogens (tertiary/aromatic N) is 1. The number of hydrogen-bond donors (Lipinski definition) is 0. The van der Waals surface area contributed by atoms with Crippen LogP contribution in [0.2, 0.25) is 0 Å². The van der Waals surface area contributed by atoms with Crippen molar-refractivity contribution in [3.05, 3.63) is 54.6 Å². The number of hydrogen-bond acceptors (Lipinski definition) is 1. The quantitative estimate of drug-likeness (QED) is 0.380. The number of aromatic nitrogens is 1. The van der Waals surface area contributed by atoms with Gasteiger partial charge in [-0.3, -0.25) is 0 Å². The highest BCUT2D eigenvalue weighted by Gasteiger charge is 2.35. The van der Waals surface area contributed by atoms with Crippen molar-refractivity contribution in [1.82, 2.24) is 4.34 Å². The van der Waals surface area contributed by atoms with Gasteiger partial charge in [-0.15, -0.1) is 0 Å². The molecule has 2 aromatic carbocycles. The summed E-state index contributed by atoms with van der Waals surface area (Å²) in [5.74, 6) is 0.990. The van der Waals surface area contributed by atoms with Gasteiger partial charge in [0.05, 0.1) is 18.3 Å². The minimum absolute atomic E-state index is 0.256. The van der Waals surface area contributed by atoms with E-state index in [1.54, 1.807) is 7.11 Å². The van der Waals surface area contributed by atoms with Crippen molar-refractivity contribution < 1.29 is 4.74 Å². The van der Waals surface area contributed by atoms with E-state index in [0.717, 1.165) is 17.1 Å². The number of methoxy groups -OCH3 is 1. The van der Waals surface area contributed by atoms with Gasteiger partial charge in [0.25, 0.3) is 0 Å². The van der Waals surface area contributed by atoms with Crippen molar-refractivity contribution in [2.45, 2.75) is 75.5 Å². The molecule has 1 heterocycles. The van der Waals surface area contributed by atoms with Crippen molar-refractivity contribution in [3.8, 4) is 17.0 Å². The highest BCUT2D eigenvalue weighted by molar-refractivity contribution is 7.58. The molecule has 3 heteroatoms. The van der Waals surface area contributed by atoms with Crippen LogP contribution in [0.4, 0.5) is 0 Å². The minimum Gasteiger partial charge on any atom is -0.496 e. The first-order chi connectivity index (χ1) is 14.9. The van der Waals surface area contributed by atoms with Crippen LogP contribution in [-0.4, -0.2) is 22.8 Å². The van der Waals surface area contributed by atoms with Crippen LogP contribution >= 0.6 is 8.07 Å². The fourth-order valence-corrected chi connectivity index (χ4v) is 9.64. The number of ether oxygens (including phenoxy) is 1. The number of fused-ring (bicyclic) bond motifs is 1. The van der Waals surface area contributed by atoms with E-state index in [1.807, 2.05) is 0 Å². The molecule has 0 saturated heterocycles. The van der Waals surface area contributed by atoms with Gasteiger partial charge in [0.2, 0.25) is 0 Å². The highest BCUT2D eigenvalue weighted by atomic mass is 31.1. The maximum atomic E-state index is 5.82. The molecule has 2 aliphatic rings. The zero-order valence-corrected chi connectivity index (χ0v) is 19.1. The fraction of sp³-hybridized carbons (Fsp3) is 0.481. The van der Waals surface area contributed by atoms with Crippen molar-refractivity contribution in [2.75, 3.05) is 7.11 Å². The molecule has 2 nitrogen and oxygen atoms in total. The first-order valence-corrected chi connectivity index (χ1v) is 13.3. The topological polar surface area (TPSA) is 14.2 Å². The summed E-state index contributed by atoms with van der Waals surface area (Å²) in [6.45, 7) is 0. The Balaban J connectivity index is 1.71. The van der Waals surface area contributed by atoms with Gasteiger partial charge < -0.3 is 9.07 Å². The van der Waals surface area contributed by atoms with Gasteiger partial charge in [-0.1, -0.05) is 68.9 Å². The lowest BCUT2D eigenvalue weighted by molar-refractivity contribution is 0.416. The summed E-state index contributed by atoms with van der Waals surface area (Å²) in [7, 11) is 1.55. The molecule has 0 aliphatic heterocycles. The summed E-state index contributed by atoms with van der Waals surface area (Å²) in [5, 5.41) is 1.37. The molecule has 2 fully saturated rings. The van der Waals surface area contributed by atoms with E-state index in [2.05, 4.69) is 58.9 Å². The fourth-order valence-electron chi connectivity index (χ4n) is 5.75. The second-order valence-corrected chi connectivity index (χ2v) is 11.7. The summed E-state index contributed by atoms with van der Waals surface area (Å²) in [5.41, 5.74) is 5.77. The Morgan fingerprint density at radius 3 is 2.03 bits per heavy atom. The molecule has 5 rings (SSSR count). The van der Waals surface area contributed by atoms with E-state index in [1.165, 1.54) is 86.4 Å². The molecule has 0 spiro atoms. The average Bonchev–Trinajstić information content (AvgIpc) is 3.20. The van der Waals surface area contributed by atoms with Crippen LogP contribution in [-0.2, 0) is 0 Å². The summed E-state index contributed by atoms with van der Waals surface area (Å²) in [6.07, 6.45) is 14.2. The second kappa shape index (κ2) is 9.15. The van der Waals surface area contributed by atoms with Gasteiger partial charge in [0, 0.05) is 19.0 Å². The lowest BCUT2D eigenvalue weighted by Gasteiger charge is -2.40. The molecule has 30 heavy (non-hydrogen) atoms. The predicted molar refractivity (Wildman–Crippen MR) is 130 cm³/mol. The van der Waals surface area contributed by atoms with Crippen LogP contribution in [0.15, 0.2) is 54.6 Å². The lowest BCUT2D eigenvalue weighted by Crippen LogP contribution is -2.24. The molecule has 0 amide bonds. The summed E-state index contributed by atoms with van der Waals surface area (Å²) >= 11 is 0. The average molecular weight is 420 g/mol. The van der Waals surface area contributed by atoms with Gasteiger partial charge >= 0.3 is 0 Å². The van der Waals surface area contributed by atoms with Crippen LogP contribution in [0.5, 0.6) is 5.75 Å². The van der Waals surface area contributed by atoms with Gasteiger partial charge in [-0.05, 0) is 61.3 Å². The Kier molecular flexibility index (Phi) is 6.14. The van der Waals surface area contributed by atoms with Crippen LogP contribution in [0, 0.1) is 0 Å². The van der Waals surface area contributed by atoms with Gasteiger partial charge in [0.15, 0.2) is 0 Å². The molecule has 0 atom stereocenters. The van der Waals surface area contributed by atoms with Crippen molar-refractivity contribution in [1.29, 1.82) is 0 Å². The molecule has 0 bridgehead atoms. The summed E-state index contributed by atoms with van der Waals surface area (Å²) < 4.78 is 8.63. The molecular weight excluding hydrogens is 385 g/mol.